The summed E-state index contributed by atoms with van der Waals surface area (Å²) in [6.07, 6.45) is 7.05. The highest BCUT2D eigenvalue weighted by Crippen LogP contribution is 2.65. The van der Waals surface area contributed by atoms with Crippen LogP contribution in [0.4, 0.5) is 0 Å². The summed E-state index contributed by atoms with van der Waals surface area (Å²) >= 11 is 0. The van der Waals surface area contributed by atoms with Crippen molar-refractivity contribution in [3.8, 4) is 11.5 Å². The van der Waals surface area contributed by atoms with Crippen molar-refractivity contribution in [1.82, 2.24) is 5.01 Å². The van der Waals surface area contributed by atoms with Crippen molar-refractivity contribution in [2.75, 3.05) is 13.2 Å². The predicted molar refractivity (Wildman–Crippen MR) is 103 cm³/mol. The summed E-state index contributed by atoms with van der Waals surface area (Å²) in [5.41, 5.74) is 0.756. The van der Waals surface area contributed by atoms with Gasteiger partial charge in [-0.2, -0.15) is 10.1 Å². The zero-order valence-electron chi connectivity index (χ0n) is 16.1. The molecule has 1 aromatic rings. The van der Waals surface area contributed by atoms with E-state index in [9.17, 15) is 9.59 Å². The highest BCUT2D eigenvalue weighted by Gasteiger charge is 2.67. The molecule has 5 aliphatic rings. The molecule has 6 nitrogen and oxygen atoms in total. The fourth-order valence-electron chi connectivity index (χ4n) is 5.33. The lowest BCUT2D eigenvalue weighted by Crippen LogP contribution is -2.40. The van der Waals surface area contributed by atoms with E-state index in [1.54, 1.807) is 6.21 Å². The number of hydrogen-bond donors (Lipinski definition) is 0. The number of amides is 2. The van der Waals surface area contributed by atoms with Gasteiger partial charge >= 0.3 is 0 Å². The topological polar surface area (TPSA) is 68.2 Å². The fourth-order valence-corrected chi connectivity index (χ4v) is 5.33. The summed E-state index contributed by atoms with van der Waals surface area (Å²) < 4.78 is 11.2. The number of imide groups is 1. The molecule has 146 valence electrons. The van der Waals surface area contributed by atoms with Crippen molar-refractivity contribution in [3.05, 3.63) is 35.9 Å². The van der Waals surface area contributed by atoms with E-state index in [0.717, 1.165) is 17.0 Å². The van der Waals surface area contributed by atoms with Gasteiger partial charge in [0.1, 0.15) is 0 Å². The van der Waals surface area contributed by atoms with Crippen LogP contribution in [0.25, 0.3) is 0 Å². The van der Waals surface area contributed by atoms with Crippen molar-refractivity contribution in [3.63, 3.8) is 0 Å². The quantitative estimate of drug-likeness (QED) is 0.432. The van der Waals surface area contributed by atoms with E-state index in [0.29, 0.717) is 36.5 Å². The molecule has 0 N–H and O–H groups in total. The maximum atomic E-state index is 12.9. The van der Waals surface area contributed by atoms with Crippen LogP contribution in [0.15, 0.2) is 35.5 Å². The third-order valence-corrected chi connectivity index (χ3v) is 6.53. The van der Waals surface area contributed by atoms with E-state index in [4.69, 9.17) is 9.47 Å². The minimum atomic E-state index is -0.220. The maximum absolute atomic E-state index is 12.9. The van der Waals surface area contributed by atoms with Crippen LogP contribution in [0, 0.1) is 35.5 Å². The Morgan fingerprint density at radius 3 is 2.21 bits per heavy atom. The first-order valence-electron chi connectivity index (χ1n) is 10.1. The number of nitrogens with zero attached hydrogens (tertiary/aromatic N) is 2. The first-order valence-corrected chi connectivity index (χ1v) is 10.1. The third kappa shape index (κ3) is 2.50. The second kappa shape index (κ2) is 6.47. The van der Waals surface area contributed by atoms with Crippen LogP contribution >= 0.6 is 0 Å². The molecule has 6 atom stereocenters. The van der Waals surface area contributed by atoms with Gasteiger partial charge in [0, 0.05) is 0 Å². The first-order chi connectivity index (χ1) is 13.6. The summed E-state index contributed by atoms with van der Waals surface area (Å²) in [5, 5.41) is 5.38. The van der Waals surface area contributed by atoms with Crippen LogP contribution in [0.3, 0.4) is 0 Å². The van der Waals surface area contributed by atoms with Gasteiger partial charge in [-0.3, -0.25) is 9.59 Å². The van der Waals surface area contributed by atoms with E-state index in [1.807, 2.05) is 32.0 Å². The van der Waals surface area contributed by atoms with Crippen molar-refractivity contribution < 1.29 is 19.1 Å². The zero-order valence-corrected chi connectivity index (χ0v) is 16.1. The van der Waals surface area contributed by atoms with Crippen LogP contribution in [0.1, 0.15) is 25.8 Å². The van der Waals surface area contributed by atoms with Crippen LogP contribution in [0.2, 0.25) is 0 Å². The lowest BCUT2D eigenvalue weighted by atomic mass is 9.63. The monoisotopic (exact) mass is 380 g/mol. The molecule has 2 amide bonds. The Morgan fingerprint density at radius 2 is 1.61 bits per heavy atom. The van der Waals surface area contributed by atoms with Gasteiger partial charge in [-0.05, 0) is 67.7 Å². The molecule has 2 saturated carbocycles. The standard InChI is InChI=1S/C22H24N2O4/c1-3-27-17-8-5-12(9-18(17)28-4-2)11-23-24-21(25)19-13-6-7-14(16-10-15(13)16)20(19)22(24)26/h5-9,11,13-16,19-20H,3-4,10H2,1-2H3/t13-,14-,15-,16-,19+,20+/m0/s1. The van der Waals surface area contributed by atoms with Gasteiger partial charge in [0.25, 0.3) is 11.8 Å². The Balaban J connectivity index is 1.38. The lowest BCUT2D eigenvalue weighted by molar-refractivity contribution is -0.140. The molecule has 1 saturated heterocycles. The van der Waals surface area contributed by atoms with Crippen molar-refractivity contribution in [2.24, 2.45) is 40.6 Å². The summed E-state index contributed by atoms with van der Waals surface area (Å²) in [7, 11) is 0. The molecule has 1 aliphatic heterocycles. The van der Waals surface area contributed by atoms with Crippen LogP contribution in [0.5, 0.6) is 11.5 Å². The Hall–Kier alpha value is -2.63. The van der Waals surface area contributed by atoms with Gasteiger partial charge in [-0.1, -0.05) is 12.2 Å². The molecule has 1 aromatic carbocycles. The van der Waals surface area contributed by atoms with Gasteiger partial charge in [0.2, 0.25) is 0 Å². The van der Waals surface area contributed by atoms with E-state index in [1.165, 1.54) is 0 Å². The average Bonchev–Trinajstić information content (AvgIpc) is 3.48. The van der Waals surface area contributed by atoms with Crippen LogP contribution in [-0.4, -0.2) is 36.3 Å². The normalized spacial score (nSPS) is 34.7. The number of allylic oxidation sites excluding steroid dienone is 2. The largest absolute Gasteiger partial charge is 0.490 e. The summed E-state index contributed by atoms with van der Waals surface area (Å²) in [6.45, 7) is 4.89. The number of benzene rings is 1. The van der Waals surface area contributed by atoms with E-state index in [2.05, 4.69) is 17.3 Å². The molecule has 2 bridgehead atoms. The van der Waals surface area contributed by atoms with Crippen molar-refractivity contribution in [2.45, 2.75) is 20.3 Å². The van der Waals surface area contributed by atoms with Gasteiger partial charge < -0.3 is 9.47 Å². The molecule has 0 aromatic heterocycles. The maximum Gasteiger partial charge on any atom is 0.254 e. The Morgan fingerprint density at radius 1 is 1.00 bits per heavy atom. The summed E-state index contributed by atoms with van der Waals surface area (Å²) in [5.74, 6) is 2.18. The van der Waals surface area contributed by atoms with Crippen molar-refractivity contribution in [1.29, 1.82) is 0 Å². The van der Waals surface area contributed by atoms with Gasteiger partial charge in [0.05, 0.1) is 31.3 Å². The van der Waals surface area contributed by atoms with E-state index < -0.39 is 0 Å². The number of carbonyl (C=O) groups excluding carboxylic acids is 2. The predicted octanol–water partition coefficient (Wildman–Crippen LogP) is 2.87. The summed E-state index contributed by atoms with van der Waals surface area (Å²) in [6, 6.07) is 5.48. The molecule has 0 radical (unpaired) electrons. The third-order valence-electron chi connectivity index (χ3n) is 6.53. The summed E-state index contributed by atoms with van der Waals surface area (Å²) in [4.78, 5) is 25.9. The highest BCUT2D eigenvalue weighted by atomic mass is 16.5. The Labute approximate surface area is 164 Å². The zero-order chi connectivity index (χ0) is 19.4. The second-order valence-corrected chi connectivity index (χ2v) is 7.96. The molecule has 4 aliphatic carbocycles. The molecule has 1 heterocycles. The number of hydrogen-bond acceptors (Lipinski definition) is 5. The lowest BCUT2D eigenvalue weighted by Gasteiger charge is -2.37. The SMILES string of the molecule is CCOc1ccc(C=NN2C(=O)[C@@H]3[C@H]4C=C[C@@H]([C@@H]5C[C@@H]45)[C@H]3C2=O)cc1OCC. The molecular formula is C22H24N2O4. The molecule has 3 fully saturated rings. The molecule has 6 heteroatoms. The minimum absolute atomic E-state index is 0.146. The average molecular weight is 380 g/mol. The number of rotatable bonds is 6. The van der Waals surface area contributed by atoms with Crippen molar-refractivity contribution >= 4 is 18.0 Å². The van der Waals surface area contributed by atoms with Gasteiger partial charge in [-0.25, -0.2) is 0 Å². The van der Waals surface area contributed by atoms with Gasteiger partial charge in [0.15, 0.2) is 11.5 Å². The molecule has 0 spiro atoms. The fraction of sp³-hybridized carbons (Fsp3) is 0.500. The number of ether oxygens (including phenoxy) is 2. The second-order valence-electron chi connectivity index (χ2n) is 7.96. The molecule has 0 unspecified atom stereocenters. The number of carbonyl (C=O) groups is 2. The van der Waals surface area contributed by atoms with Crippen LogP contribution < -0.4 is 9.47 Å². The van der Waals surface area contributed by atoms with E-state index in [-0.39, 0.29) is 35.5 Å². The molecule has 6 rings (SSSR count). The first kappa shape index (κ1) is 17.5. The highest BCUT2D eigenvalue weighted by molar-refractivity contribution is 6.06. The Bertz CT molecular complexity index is 857. The van der Waals surface area contributed by atoms with Crippen LogP contribution in [-0.2, 0) is 9.59 Å². The smallest absolute Gasteiger partial charge is 0.254 e. The molecule has 28 heavy (non-hydrogen) atoms. The number of hydrazone groups is 1. The molecular weight excluding hydrogens is 356 g/mol. The van der Waals surface area contributed by atoms with E-state index >= 15 is 0 Å². The Kier molecular flexibility index (Phi) is 4.03. The minimum Gasteiger partial charge on any atom is -0.490 e. The van der Waals surface area contributed by atoms with Gasteiger partial charge in [-0.15, -0.1) is 0 Å².